The smallest absolute Gasteiger partial charge is 0.363 e. The maximum absolute atomic E-state index is 14.9. The molecule has 1 aromatic heterocycles. The van der Waals surface area contributed by atoms with Crippen molar-refractivity contribution in [2.45, 2.75) is 78.7 Å². The third kappa shape index (κ3) is 15.1. The molecule has 0 atom stereocenters. The minimum Gasteiger partial charge on any atom is -0.493 e. The van der Waals surface area contributed by atoms with E-state index in [9.17, 15) is 40.6 Å². The van der Waals surface area contributed by atoms with Crippen LogP contribution >= 0.6 is 0 Å². The fourth-order valence-corrected chi connectivity index (χ4v) is 9.23. The molecule has 18 nitrogen and oxygen atoms in total. The molecule has 366 valence electrons. The number of rotatable bonds is 25. The monoisotopic (exact) mass is 973 g/mol. The number of aromatic nitrogens is 1. The predicted octanol–water partition coefficient (Wildman–Crippen LogP) is 5.38. The van der Waals surface area contributed by atoms with Crippen molar-refractivity contribution < 1.29 is 77.7 Å². The van der Waals surface area contributed by atoms with Crippen LogP contribution in [0.5, 0.6) is 17.2 Å². The maximum atomic E-state index is 14.9. The minimum absolute atomic E-state index is 0.0280. The molecule has 0 bridgehead atoms. The van der Waals surface area contributed by atoms with Crippen LogP contribution in [0.2, 0.25) is 0 Å². The number of carbonyl (C=O) groups excluding carboxylic acids is 4. The summed E-state index contributed by atoms with van der Waals surface area (Å²) >= 11 is 0. The quantitative estimate of drug-likeness (QED) is 0.0124. The first-order valence-electron chi connectivity index (χ1n) is 22.5. The first-order valence-corrected chi connectivity index (χ1v) is 25.7. The topological polar surface area (TPSA) is 221 Å². The fourth-order valence-electron chi connectivity index (χ4n) is 8.24. The number of imide groups is 1. The van der Waals surface area contributed by atoms with Gasteiger partial charge < -0.3 is 28.0 Å². The number of carbonyl (C=O) groups is 4. The lowest BCUT2D eigenvalue weighted by atomic mass is 10.0. The Morgan fingerprint density at radius 1 is 0.672 bits per heavy atom. The van der Waals surface area contributed by atoms with Gasteiger partial charge in [0.25, 0.3) is 32.1 Å². The summed E-state index contributed by atoms with van der Waals surface area (Å²) in [5, 5.41) is 1.30. The molecule has 5 rings (SSSR count). The molecule has 20 heteroatoms. The van der Waals surface area contributed by atoms with Crippen molar-refractivity contribution in [1.82, 2.24) is 5.06 Å². The van der Waals surface area contributed by atoms with Gasteiger partial charge >= 0.3 is 11.9 Å². The lowest BCUT2D eigenvalue weighted by Gasteiger charge is -2.29. The van der Waals surface area contributed by atoms with Gasteiger partial charge in [0, 0.05) is 50.7 Å². The Balaban J connectivity index is 1.54. The van der Waals surface area contributed by atoms with Crippen LogP contribution in [0, 0.1) is 13.8 Å². The number of benzene rings is 3. The molecule has 1 aliphatic rings. The number of hydrogen-bond acceptors (Lipinski definition) is 12. The van der Waals surface area contributed by atoms with Crippen LogP contribution in [-0.2, 0) is 41.2 Å². The van der Waals surface area contributed by atoms with Gasteiger partial charge in [-0.15, -0.1) is 5.06 Å². The van der Waals surface area contributed by atoms with Gasteiger partial charge in [-0.2, -0.15) is 21.4 Å². The van der Waals surface area contributed by atoms with Crippen LogP contribution in [0.25, 0.3) is 21.8 Å². The van der Waals surface area contributed by atoms with Gasteiger partial charge in [0.1, 0.15) is 17.2 Å². The summed E-state index contributed by atoms with van der Waals surface area (Å²) in [6.07, 6.45) is 3.78. The Morgan fingerprint density at radius 2 is 1.13 bits per heavy atom. The summed E-state index contributed by atoms with van der Waals surface area (Å²) in [6, 6.07) is 13.4. The summed E-state index contributed by atoms with van der Waals surface area (Å²) in [7, 11) is -0.0738. The van der Waals surface area contributed by atoms with Gasteiger partial charge in [-0.25, -0.2) is 9.59 Å². The van der Waals surface area contributed by atoms with E-state index < -0.39 is 49.7 Å². The van der Waals surface area contributed by atoms with Crippen molar-refractivity contribution in [3.63, 3.8) is 0 Å². The Kier molecular flexibility index (Phi) is 17.5. The van der Waals surface area contributed by atoms with Gasteiger partial charge in [0.2, 0.25) is 11.0 Å². The van der Waals surface area contributed by atoms with E-state index in [1.165, 1.54) is 12.1 Å². The van der Waals surface area contributed by atoms with E-state index in [1.807, 2.05) is 18.7 Å². The molecule has 4 aromatic rings. The second kappa shape index (κ2) is 22.2. The number of esters is 1. The molecule has 2 heterocycles. The lowest BCUT2D eigenvalue weighted by molar-refractivity contribution is -0.890. The van der Waals surface area contributed by atoms with Crippen LogP contribution in [0.1, 0.15) is 90.1 Å². The van der Waals surface area contributed by atoms with Crippen LogP contribution in [0.3, 0.4) is 0 Å². The van der Waals surface area contributed by atoms with Gasteiger partial charge in [-0.05, 0) is 67.8 Å². The Labute approximate surface area is 393 Å². The van der Waals surface area contributed by atoms with Crippen molar-refractivity contribution in [1.29, 1.82) is 0 Å². The van der Waals surface area contributed by atoms with Gasteiger partial charge in [0.15, 0.2) is 6.54 Å². The molecule has 2 amide bonds. The van der Waals surface area contributed by atoms with E-state index in [-0.39, 0.29) is 61.5 Å². The molecule has 1 fully saturated rings. The van der Waals surface area contributed by atoms with E-state index in [4.69, 9.17) is 23.6 Å². The first kappa shape index (κ1) is 52.7. The normalized spacial score (nSPS) is 13.7. The first-order chi connectivity index (χ1) is 31.4. The molecule has 1 aliphatic heterocycles. The molecule has 2 N–H and O–H groups in total. The number of hydrogen-bond donors (Lipinski definition) is 2. The van der Waals surface area contributed by atoms with E-state index in [2.05, 4.69) is 21.0 Å². The van der Waals surface area contributed by atoms with Crippen LogP contribution < -0.4 is 18.8 Å². The van der Waals surface area contributed by atoms with E-state index in [0.717, 1.165) is 36.8 Å². The fraction of sp³-hybridized carbons (Fsp3) is 0.511. The number of pyridine rings is 1. The zero-order chi connectivity index (χ0) is 49.3. The van der Waals surface area contributed by atoms with Crippen LogP contribution in [0.15, 0.2) is 48.5 Å². The number of hydroxylamine groups is 2. The number of amides is 2. The predicted molar refractivity (Wildman–Crippen MR) is 250 cm³/mol. The molecule has 0 radical (unpaired) electrons. The van der Waals surface area contributed by atoms with E-state index in [0.29, 0.717) is 80.1 Å². The lowest BCUT2D eigenvalue weighted by Crippen LogP contribution is -2.42. The number of quaternary nitrogens is 2. The molecular weight excluding hydrogens is 909 g/mol. The number of aryl methyl sites for hydroxylation is 3. The van der Waals surface area contributed by atoms with Crippen LogP contribution in [0.4, 0.5) is 0 Å². The second-order valence-corrected chi connectivity index (χ2v) is 21.6. The van der Waals surface area contributed by atoms with Crippen molar-refractivity contribution in [3.8, 4) is 17.2 Å². The molecule has 3 aromatic carbocycles. The second-order valence-electron chi connectivity index (χ2n) is 18.5. The molecule has 0 unspecified atom stereocenters. The standard InChI is InChI=1S/C47H63N4O14S2/c1-8-9-21-50(4,5)22-11-25-62-36-14-16-40-38(31-36)44(47(55)64-45-33(2)29-35(30-34(45)3)46(54)65-49-42(52)18-19-43(49)53)39-32-37(15-17-41(39)48(40)20-10-27-66(56,57)58)63-26-12-23-51(6,7)24-13-28-67(59,60)61/h14-17,29-32H,8-13,18-28H2,1-7H3/q+1/p+2. The van der Waals surface area contributed by atoms with Gasteiger partial charge in [-0.3, -0.25) is 18.7 Å². The van der Waals surface area contributed by atoms with Crippen molar-refractivity contribution in [2.75, 3.05) is 79.1 Å². The summed E-state index contributed by atoms with van der Waals surface area (Å²) < 4.78 is 86.9. The summed E-state index contributed by atoms with van der Waals surface area (Å²) in [6.45, 7) is 9.33. The van der Waals surface area contributed by atoms with Gasteiger partial charge in [-0.1, -0.05) is 13.3 Å². The van der Waals surface area contributed by atoms with Crippen LogP contribution in [-0.4, -0.2) is 143 Å². The molecule has 0 saturated carbocycles. The molecule has 0 aliphatic carbocycles. The highest BCUT2D eigenvalue weighted by molar-refractivity contribution is 7.86. The van der Waals surface area contributed by atoms with Crippen molar-refractivity contribution in [2.24, 2.45) is 0 Å². The maximum Gasteiger partial charge on any atom is 0.363 e. The zero-order valence-electron chi connectivity index (χ0n) is 39.5. The van der Waals surface area contributed by atoms with Crippen molar-refractivity contribution >= 4 is 65.8 Å². The summed E-state index contributed by atoms with van der Waals surface area (Å²) in [5.74, 6) is -2.71. The molecule has 1 saturated heterocycles. The molecule has 0 spiro atoms. The van der Waals surface area contributed by atoms with Crippen molar-refractivity contribution in [3.05, 3.63) is 70.8 Å². The summed E-state index contributed by atoms with van der Waals surface area (Å²) in [5.41, 5.74) is 2.04. The highest BCUT2D eigenvalue weighted by atomic mass is 32.2. The number of unbranched alkanes of at least 4 members (excludes halogenated alkanes) is 1. The van der Waals surface area contributed by atoms with E-state index >= 15 is 0 Å². The minimum atomic E-state index is -4.29. The average molecular weight is 974 g/mol. The largest absolute Gasteiger partial charge is 0.493 e. The van der Waals surface area contributed by atoms with E-state index in [1.54, 1.807) is 50.2 Å². The Bertz CT molecular complexity index is 2680. The highest BCUT2D eigenvalue weighted by Gasteiger charge is 2.34. The number of fused-ring (bicyclic) bond motifs is 2. The summed E-state index contributed by atoms with van der Waals surface area (Å²) in [4.78, 5) is 57.3. The third-order valence-electron chi connectivity index (χ3n) is 11.8. The Hall–Kier alpha value is -5.25. The average Bonchev–Trinajstić information content (AvgIpc) is 3.55. The van der Waals surface area contributed by atoms with Gasteiger partial charge in [0.05, 0.1) is 101 Å². The number of ether oxygens (including phenoxy) is 3. The highest BCUT2D eigenvalue weighted by Crippen LogP contribution is 2.34. The molecular formula is C47H65N4O14S2+3. The molecule has 67 heavy (non-hydrogen) atoms. The number of nitrogens with zero attached hydrogens (tertiary/aromatic N) is 4. The SMILES string of the molecule is CCCC[N+](C)(C)CCCOc1ccc2c(c1)c(C(=O)Oc1c(C)cc(C(=O)ON3C(=O)CCC3=O)cc1C)c1cc(OCCC[N+](C)(C)CCCS(=O)(=O)O)ccc1[n+]2CCCS(=O)(=O)O. The third-order valence-corrected chi connectivity index (χ3v) is 13.4. The Morgan fingerprint density at radius 3 is 1.61 bits per heavy atom. The zero-order valence-corrected chi connectivity index (χ0v) is 41.2.